The first-order valence-electron chi connectivity index (χ1n) is 10.1. The molecule has 32 heavy (non-hydrogen) atoms. The monoisotopic (exact) mass is 428 g/mol. The van der Waals surface area contributed by atoms with Crippen LogP contribution in [0.3, 0.4) is 0 Å². The van der Waals surface area contributed by atoms with Crippen molar-refractivity contribution in [2.24, 2.45) is 4.99 Å². The van der Waals surface area contributed by atoms with E-state index >= 15 is 0 Å². The van der Waals surface area contributed by atoms with Gasteiger partial charge in [0, 0.05) is 5.56 Å². The molecule has 4 aromatic rings. The Labute approximate surface area is 184 Å². The highest BCUT2D eigenvalue weighted by Gasteiger charge is 2.30. The minimum absolute atomic E-state index is 0.104. The zero-order valence-corrected chi connectivity index (χ0v) is 17.1. The maximum atomic E-state index is 12.9. The van der Waals surface area contributed by atoms with E-state index in [9.17, 15) is 18.4 Å². The van der Waals surface area contributed by atoms with Gasteiger partial charge in [-0.05, 0) is 46.5 Å². The summed E-state index contributed by atoms with van der Waals surface area (Å²) in [5.74, 6) is 0. The minimum atomic E-state index is -4.43. The maximum Gasteiger partial charge on any atom is 0.416 e. The van der Waals surface area contributed by atoms with E-state index in [0.717, 1.165) is 34.0 Å². The number of aliphatic imine (C=N–C) groups is 1. The Morgan fingerprint density at radius 3 is 2.12 bits per heavy atom. The molecule has 0 saturated heterocycles. The number of rotatable bonds is 5. The average Bonchev–Trinajstić information content (AvgIpc) is 2.81. The summed E-state index contributed by atoms with van der Waals surface area (Å²) < 4.78 is 38.7. The van der Waals surface area contributed by atoms with Crippen molar-refractivity contribution in [1.29, 1.82) is 5.26 Å². The van der Waals surface area contributed by atoms with Gasteiger partial charge in [0.1, 0.15) is 11.8 Å². The summed E-state index contributed by atoms with van der Waals surface area (Å²) >= 11 is 0. The van der Waals surface area contributed by atoms with Crippen LogP contribution in [0.1, 0.15) is 28.3 Å². The van der Waals surface area contributed by atoms with E-state index in [2.05, 4.69) is 6.07 Å². The van der Waals surface area contributed by atoms with Gasteiger partial charge in [-0.25, -0.2) is 0 Å². The van der Waals surface area contributed by atoms with Crippen molar-refractivity contribution < 1.29 is 13.2 Å². The van der Waals surface area contributed by atoms with Crippen LogP contribution in [0.2, 0.25) is 0 Å². The lowest BCUT2D eigenvalue weighted by molar-refractivity contribution is -0.137. The predicted octanol–water partition coefficient (Wildman–Crippen LogP) is 7.16. The number of fused-ring (bicyclic) bond motifs is 1. The fraction of sp³-hybridized carbons (Fsp3) is 0.111. The van der Waals surface area contributed by atoms with Crippen LogP contribution < -0.4 is 0 Å². The molecule has 0 aliphatic carbocycles. The Hall–Kier alpha value is -3.91. The molecule has 0 N–H and O–H groups in total. The minimum Gasteiger partial charge on any atom is -0.265 e. The largest absolute Gasteiger partial charge is 0.416 e. The number of alkyl halides is 3. The lowest BCUT2D eigenvalue weighted by atomic mass is 9.96. The second-order valence-corrected chi connectivity index (χ2v) is 7.48. The van der Waals surface area contributed by atoms with Crippen molar-refractivity contribution in [3.8, 4) is 6.07 Å². The summed E-state index contributed by atoms with van der Waals surface area (Å²) in [4.78, 5) is 4.70. The summed E-state index contributed by atoms with van der Waals surface area (Å²) in [6.45, 7) is 0. The Balaban J connectivity index is 1.75. The molecule has 0 fully saturated rings. The highest BCUT2D eigenvalue weighted by Crippen LogP contribution is 2.30. The molecule has 4 aromatic carbocycles. The molecule has 1 atom stereocenters. The summed E-state index contributed by atoms with van der Waals surface area (Å²) in [7, 11) is 0. The molecule has 2 nitrogen and oxygen atoms in total. The van der Waals surface area contributed by atoms with E-state index in [4.69, 9.17) is 4.99 Å². The van der Waals surface area contributed by atoms with Crippen molar-refractivity contribution in [3.05, 3.63) is 119 Å². The smallest absolute Gasteiger partial charge is 0.265 e. The average molecular weight is 428 g/mol. The molecule has 0 aliphatic rings. The van der Waals surface area contributed by atoms with Gasteiger partial charge in [0.25, 0.3) is 0 Å². The second kappa shape index (κ2) is 9.07. The number of nitriles is 1. The second-order valence-electron chi connectivity index (χ2n) is 7.48. The van der Waals surface area contributed by atoms with Gasteiger partial charge in [-0.3, -0.25) is 4.99 Å². The molecule has 0 aromatic heterocycles. The van der Waals surface area contributed by atoms with Crippen LogP contribution in [0, 0.1) is 11.3 Å². The molecule has 0 aliphatic heterocycles. The third-order valence-electron chi connectivity index (χ3n) is 5.31. The first kappa shape index (κ1) is 21.3. The molecule has 0 radical (unpaired) electrons. The Bertz CT molecular complexity index is 1280. The van der Waals surface area contributed by atoms with Crippen molar-refractivity contribution in [2.75, 3.05) is 0 Å². The number of hydrogen-bond acceptors (Lipinski definition) is 2. The van der Waals surface area contributed by atoms with Crippen LogP contribution in [-0.4, -0.2) is 5.71 Å². The van der Waals surface area contributed by atoms with Gasteiger partial charge < -0.3 is 0 Å². The van der Waals surface area contributed by atoms with Gasteiger partial charge in [0.05, 0.1) is 11.6 Å². The fourth-order valence-corrected chi connectivity index (χ4v) is 3.63. The molecule has 4 rings (SSSR count). The van der Waals surface area contributed by atoms with Crippen LogP contribution in [-0.2, 0) is 12.6 Å². The highest BCUT2D eigenvalue weighted by molar-refractivity contribution is 6.11. The molecule has 0 spiro atoms. The normalized spacial score (nSPS) is 13.0. The van der Waals surface area contributed by atoms with Crippen molar-refractivity contribution >= 4 is 16.5 Å². The van der Waals surface area contributed by atoms with Crippen LogP contribution >= 0.6 is 0 Å². The third kappa shape index (κ3) is 4.87. The Morgan fingerprint density at radius 2 is 1.47 bits per heavy atom. The lowest BCUT2D eigenvalue weighted by Crippen LogP contribution is -2.08. The van der Waals surface area contributed by atoms with Crippen LogP contribution in [0.25, 0.3) is 10.8 Å². The Morgan fingerprint density at radius 1 is 0.812 bits per heavy atom. The van der Waals surface area contributed by atoms with E-state index in [1.54, 1.807) is 0 Å². The van der Waals surface area contributed by atoms with Crippen LogP contribution in [0.5, 0.6) is 0 Å². The highest BCUT2D eigenvalue weighted by atomic mass is 19.4. The number of hydrogen-bond donors (Lipinski definition) is 0. The lowest BCUT2D eigenvalue weighted by Gasteiger charge is -2.15. The molecule has 0 saturated carbocycles. The van der Waals surface area contributed by atoms with Crippen molar-refractivity contribution in [1.82, 2.24) is 0 Å². The van der Waals surface area contributed by atoms with E-state index in [-0.39, 0.29) is 11.8 Å². The summed E-state index contributed by atoms with van der Waals surface area (Å²) in [6.07, 6.45) is -3.87. The van der Waals surface area contributed by atoms with E-state index in [1.165, 1.54) is 12.1 Å². The van der Waals surface area contributed by atoms with Gasteiger partial charge in [-0.1, -0.05) is 78.9 Å². The zero-order chi connectivity index (χ0) is 22.6. The zero-order valence-electron chi connectivity index (χ0n) is 17.1. The van der Waals surface area contributed by atoms with E-state index in [0.29, 0.717) is 12.0 Å². The summed E-state index contributed by atoms with van der Waals surface area (Å²) in [5, 5.41) is 11.9. The topological polar surface area (TPSA) is 36.1 Å². The number of halogens is 3. The predicted molar refractivity (Wildman–Crippen MR) is 120 cm³/mol. The van der Waals surface area contributed by atoms with Gasteiger partial charge in [0.2, 0.25) is 0 Å². The molecule has 0 amide bonds. The van der Waals surface area contributed by atoms with E-state index in [1.807, 2.05) is 72.8 Å². The Kier molecular flexibility index (Phi) is 6.04. The van der Waals surface area contributed by atoms with Gasteiger partial charge in [-0.15, -0.1) is 0 Å². The maximum absolute atomic E-state index is 12.9. The van der Waals surface area contributed by atoms with Crippen molar-refractivity contribution in [3.63, 3.8) is 0 Å². The molecule has 158 valence electrons. The van der Waals surface area contributed by atoms with Crippen LogP contribution in [0.15, 0.2) is 102 Å². The number of benzene rings is 4. The van der Waals surface area contributed by atoms with Crippen molar-refractivity contribution in [2.45, 2.75) is 18.6 Å². The first-order chi connectivity index (χ1) is 15.4. The van der Waals surface area contributed by atoms with Gasteiger partial charge >= 0.3 is 6.18 Å². The molecular formula is C27H19F3N2. The van der Waals surface area contributed by atoms with Gasteiger partial charge in [-0.2, -0.15) is 18.4 Å². The molecule has 5 heteroatoms. The summed E-state index contributed by atoms with van der Waals surface area (Å²) in [6, 6.07) is 30.1. The molecule has 0 unspecified atom stereocenters. The summed E-state index contributed by atoms with van der Waals surface area (Å²) in [5.41, 5.74) is 1.70. The fourth-order valence-electron chi connectivity index (χ4n) is 3.63. The molecular weight excluding hydrogens is 409 g/mol. The number of nitrogens with zero attached hydrogens (tertiary/aromatic N) is 2. The molecule has 0 heterocycles. The van der Waals surface area contributed by atoms with Gasteiger partial charge in [0.15, 0.2) is 0 Å². The van der Waals surface area contributed by atoms with Crippen LogP contribution in [0.4, 0.5) is 13.2 Å². The molecule has 0 bridgehead atoms. The van der Waals surface area contributed by atoms with E-state index < -0.39 is 11.7 Å². The third-order valence-corrected chi connectivity index (χ3v) is 5.31. The SMILES string of the molecule is N#CC(=N[C@H](Cc1ccccc1)c1ccc2ccccc2c1)c1ccc(C(F)(F)F)cc1. The quantitative estimate of drug-likeness (QED) is 0.311. The standard InChI is InChI=1S/C27H19F3N2/c28-27(29,30)24-14-12-21(13-15-24)26(18-31)32-25(16-19-6-2-1-3-7-19)23-11-10-20-8-4-5-9-22(20)17-23/h1-15,17,25H,16H2/t25-/m1/s1. The first-order valence-corrected chi connectivity index (χ1v) is 10.1.